The Morgan fingerprint density at radius 2 is 1.90 bits per heavy atom. The van der Waals surface area contributed by atoms with Crippen LogP contribution in [-0.2, 0) is 12.8 Å². The number of nitrogens with zero attached hydrogens (tertiary/aromatic N) is 1. The first kappa shape index (κ1) is 13.6. The summed E-state index contributed by atoms with van der Waals surface area (Å²) in [4.78, 5) is 0. The molecule has 0 aliphatic heterocycles. The highest BCUT2D eigenvalue weighted by Crippen LogP contribution is 2.30. The predicted octanol–water partition coefficient (Wildman–Crippen LogP) is 2.19. The predicted molar refractivity (Wildman–Crippen MR) is 86.8 cm³/mol. The highest BCUT2D eigenvalue weighted by Gasteiger charge is 2.14. The SMILES string of the molecule is CNN/C(=N\N)c1ccccc1-c1ccc2c(c1)CCC2. The fourth-order valence-corrected chi connectivity index (χ4v) is 2.97. The third-order valence-corrected chi connectivity index (χ3v) is 3.96. The van der Waals surface area contributed by atoms with Gasteiger partial charge in [0.05, 0.1) is 0 Å². The van der Waals surface area contributed by atoms with Gasteiger partial charge in [-0.05, 0) is 41.5 Å². The second-order valence-electron chi connectivity index (χ2n) is 5.24. The van der Waals surface area contributed by atoms with E-state index in [4.69, 9.17) is 5.84 Å². The number of nitrogens with one attached hydrogen (secondary N) is 2. The molecule has 4 nitrogen and oxygen atoms in total. The van der Waals surface area contributed by atoms with Gasteiger partial charge in [0.15, 0.2) is 5.84 Å². The lowest BCUT2D eigenvalue weighted by Gasteiger charge is -2.13. The zero-order valence-corrected chi connectivity index (χ0v) is 12.2. The van der Waals surface area contributed by atoms with E-state index >= 15 is 0 Å². The summed E-state index contributed by atoms with van der Waals surface area (Å²) < 4.78 is 0. The molecule has 0 saturated carbocycles. The molecule has 0 saturated heterocycles. The molecular weight excluding hydrogens is 260 g/mol. The lowest BCUT2D eigenvalue weighted by Crippen LogP contribution is -2.36. The first-order valence-corrected chi connectivity index (χ1v) is 7.25. The van der Waals surface area contributed by atoms with Crippen LogP contribution in [0.3, 0.4) is 0 Å². The van der Waals surface area contributed by atoms with Crippen LogP contribution in [0.2, 0.25) is 0 Å². The first-order valence-electron chi connectivity index (χ1n) is 7.25. The van der Waals surface area contributed by atoms with Crippen molar-refractivity contribution in [1.82, 2.24) is 10.9 Å². The quantitative estimate of drug-likeness (QED) is 0.349. The number of hydrazine groups is 1. The number of hydrogen-bond donors (Lipinski definition) is 3. The number of benzene rings is 2. The van der Waals surface area contributed by atoms with E-state index < -0.39 is 0 Å². The van der Waals surface area contributed by atoms with Gasteiger partial charge in [0, 0.05) is 12.6 Å². The zero-order valence-electron chi connectivity index (χ0n) is 12.2. The van der Waals surface area contributed by atoms with E-state index in [1.807, 2.05) is 18.2 Å². The molecule has 2 aromatic rings. The fourth-order valence-electron chi connectivity index (χ4n) is 2.97. The van der Waals surface area contributed by atoms with Gasteiger partial charge in [0.2, 0.25) is 0 Å². The molecule has 0 heterocycles. The van der Waals surface area contributed by atoms with Gasteiger partial charge >= 0.3 is 0 Å². The summed E-state index contributed by atoms with van der Waals surface area (Å²) in [5, 5.41) is 3.85. The summed E-state index contributed by atoms with van der Waals surface area (Å²) in [6.07, 6.45) is 3.64. The monoisotopic (exact) mass is 280 g/mol. The van der Waals surface area contributed by atoms with Crippen molar-refractivity contribution in [1.29, 1.82) is 0 Å². The molecule has 0 amide bonds. The Labute approximate surface area is 125 Å². The second kappa shape index (κ2) is 5.97. The molecule has 0 aromatic heterocycles. The van der Waals surface area contributed by atoms with Crippen molar-refractivity contribution >= 4 is 5.84 Å². The molecule has 0 bridgehead atoms. The Bertz CT molecular complexity index is 676. The summed E-state index contributed by atoms with van der Waals surface area (Å²) in [5.41, 5.74) is 12.2. The maximum absolute atomic E-state index is 5.51. The molecule has 4 heteroatoms. The molecule has 0 fully saturated rings. The van der Waals surface area contributed by atoms with Crippen LogP contribution in [-0.4, -0.2) is 12.9 Å². The van der Waals surface area contributed by atoms with Crippen molar-refractivity contribution in [3.63, 3.8) is 0 Å². The van der Waals surface area contributed by atoms with Crippen molar-refractivity contribution in [2.24, 2.45) is 10.9 Å². The number of hydrogen-bond acceptors (Lipinski definition) is 3. The van der Waals surface area contributed by atoms with Crippen molar-refractivity contribution in [2.45, 2.75) is 19.3 Å². The number of hydrazone groups is 1. The van der Waals surface area contributed by atoms with Gasteiger partial charge < -0.3 is 11.3 Å². The van der Waals surface area contributed by atoms with E-state index in [1.165, 1.54) is 36.0 Å². The average Bonchev–Trinajstić information content (AvgIpc) is 3.00. The van der Waals surface area contributed by atoms with Crippen molar-refractivity contribution in [2.75, 3.05) is 7.05 Å². The highest BCUT2D eigenvalue weighted by atomic mass is 15.4. The maximum Gasteiger partial charge on any atom is 0.167 e. The molecule has 4 N–H and O–H groups in total. The Hall–Kier alpha value is -2.33. The van der Waals surface area contributed by atoms with Crippen molar-refractivity contribution in [3.05, 3.63) is 59.2 Å². The minimum absolute atomic E-state index is 0.633. The van der Waals surface area contributed by atoms with Gasteiger partial charge in [0.25, 0.3) is 0 Å². The molecule has 1 aliphatic rings. The molecule has 0 atom stereocenters. The number of aryl methyl sites for hydroxylation is 2. The summed E-state index contributed by atoms with van der Waals surface area (Å²) in [6.45, 7) is 0. The Morgan fingerprint density at radius 3 is 2.71 bits per heavy atom. The molecule has 1 aliphatic carbocycles. The van der Waals surface area contributed by atoms with Gasteiger partial charge in [-0.15, -0.1) is 0 Å². The first-order chi connectivity index (χ1) is 10.3. The number of fused-ring (bicyclic) bond motifs is 1. The minimum atomic E-state index is 0.633. The summed E-state index contributed by atoms with van der Waals surface area (Å²) in [5.74, 6) is 6.15. The number of rotatable bonds is 3. The maximum atomic E-state index is 5.51. The van der Waals surface area contributed by atoms with Crippen LogP contribution in [0, 0.1) is 0 Å². The summed E-state index contributed by atoms with van der Waals surface area (Å²) in [6, 6.07) is 14.9. The van der Waals surface area contributed by atoms with Crippen LogP contribution in [0.15, 0.2) is 47.6 Å². The van der Waals surface area contributed by atoms with E-state index in [0.717, 1.165) is 11.1 Å². The van der Waals surface area contributed by atoms with Crippen LogP contribution in [0.25, 0.3) is 11.1 Å². The summed E-state index contributed by atoms with van der Waals surface area (Å²) in [7, 11) is 1.79. The fraction of sp³-hybridized carbons (Fsp3) is 0.235. The van der Waals surface area contributed by atoms with Crippen molar-refractivity contribution in [3.8, 4) is 11.1 Å². The van der Waals surface area contributed by atoms with E-state index in [9.17, 15) is 0 Å². The Kier molecular flexibility index (Phi) is 3.88. The zero-order chi connectivity index (χ0) is 14.7. The molecule has 0 unspecified atom stereocenters. The lowest BCUT2D eigenvalue weighted by molar-refractivity contribution is 0.765. The smallest absolute Gasteiger partial charge is 0.167 e. The van der Waals surface area contributed by atoms with Gasteiger partial charge in [0.1, 0.15) is 0 Å². The van der Waals surface area contributed by atoms with Crippen molar-refractivity contribution < 1.29 is 0 Å². The number of nitrogens with two attached hydrogens (primary N) is 1. The topological polar surface area (TPSA) is 62.4 Å². The van der Waals surface area contributed by atoms with Gasteiger partial charge in [-0.2, -0.15) is 5.10 Å². The standard InChI is InChI=1S/C17H20N4/c1-19-21-17(20-18)16-8-3-2-7-15(16)14-10-9-12-5-4-6-13(12)11-14/h2-3,7-11,19H,4-6,18H2,1H3,(H,20,21). The normalized spacial score (nSPS) is 14.0. The molecule has 3 rings (SSSR count). The van der Waals surface area contributed by atoms with E-state index in [1.54, 1.807) is 7.05 Å². The van der Waals surface area contributed by atoms with Gasteiger partial charge in [-0.3, -0.25) is 0 Å². The molecule has 108 valence electrons. The largest absolute Gasteiger partial charge is 0.321 e. The third-order valence-electron chi connectivity index (χ3n) is 3.96. The minimum Gasteiger partial charge on any atom is -0.321 e. The Balaban J connectivity index is 2.06. The molecule has 0 spiro atoms. The molecule has 21 heavy (non-hydrogen) atoms. The van der Waals surface area contributed by atoms with E-state index in [2.05, 4.69) is 40.2 Å². The summed E-state index contributed by atoms with van der Waals surface area (Å²) >= 11 is 0. The highest BCUT2D eigenvalue weighted by molar-refractivity contribution is 6.04. The molecule has 2 aromatic carbocycles. The van der Waals surface area contributed by atoms with Crippen LogP contribution >= 0.6 is 0 Å². The van der Waals surface area contributed by atoms with Crippen LogP contribution in [0.5, 0.6) is 0 Å². The second-order valence-corrected chi connectivity index (χ2v) is 5.24. The number of amidine groups is 1. The van der Waals surface area contributed by atoms with Gasteiger partial charge in [-0.1, -0.05) is 42.5 Å². The third kappa shape index (κ3) is 2.62. The molecule has 0 radical (unpaired) electrons. The van der Waals surface area contributed by atoms with Crippen LogP contribution in [0.1, 0.15) is 23.1 Å². The average molecular weight is 280 g/mol. The Morgan fingerprint density at radius 1 is 1.10 bits per heavy atom. The van der Waals surface area contributed by atoms with E-state index in [0.29, 0.717) is 5.84 Å². The lowest BCUT2D eigenvalue weighted by atomic mass is 9.96. The van der Waals surface area contributed by atoms with Gasteiger partial charge in [-0.25, -0.2) is 5.43 Å². The van der Waals surface area contributed by atoms with E-state index in [-0.39, 0.29) is 0 Å². The van der Waals surface area contributed by atoms with Crippen LogP contribution in [0.4, 0.5) is 0 Å². The van der Waals surface area contributed by atoms with Crippen LogP contribution < -0.4 is 16.7 Å². The molecular formula is C17H20N4.